The summed E-state index contributed by atoms with van der Waals surface area (Å²) >= 11 is 0. The number of para-hydroxylation sites is 2. The second-order valence-corrected chi connectivity index (χ2v) is 5.84. The van der Waals surface area contributed by atoms with Gasteiger partial charge in [-0.25, -0.2) is 9.98 Å². The monoisotopic (exact) mass is 314 g/mol. The van der Waals surface area contributed by atoms with Crippen LogP contribution in [-0.2, 0) is 4.74 Å². The highest BCUT2D eigenvalue weighted by atomic mass is 16.5. The number of benzene rings is 2. The molecule has 0 radical (unpaired) electrons. The molecule has 2 aromatic carbocycles. The molecule has 0 saturated carbocycles. The van der Waals surface area contributed by atoms with Gasteiger partial charge in [-0.15, -0.1) is 0 Å². The maximum atomic E-state index is 5.92. The molecule has 0 saturated heterocycles. The quantitative estimate of drug-likeness (QED) is 0.714. The molecule has 2 unspecified atom stereocenters. The highest BCUT2D eigenvalue weighted by molar-refractivity contribution is 5.96. The molecule has 0 fully saturated rings. The first-order chi connectivity index (χ1) is 11.9. The van der Waals surface area contributed by atoms with Gasteiger partial charge < -0.3 is 9.15 Å². The van der Waals surface area contributed by atoms with Crippen molar-refractivity contribution in [3.05, 3.63) is 78.4 Å². The van der Waals surface area contributed by atoms with Crippen LogP contribution in [0, 0.1) is 0 Å². The molecule has 0 bridgehead atoms. The number of rotatable bonds is 2. The summed E-state index contributed by atoms with van der Waals surface area (Å²) in [7, 11) is 0. The zero-order valence-electron chi connectivity index (χ0n) is 12.8. The van der Waals surface area contributed by atoms with Crippen LogP contribution in [0.25, 0.3) is 22.6 Å². The molecule has 4 heteroatoms. The molecule has 2 atom stereocenters. The van der Waals surface area contributed by atoms with E-state index in [0.29, 0.717) is 11.8 Å². The first-order valence-corrected chi connectivity index (χ1v) is 7.93. The SMILES string of the molecule is C1=CC2N=C(c3ccc(-c4nc5ccccc5o4)cc3)OC2C=C1. The van der Waals surface area contributed by atoms with E-state index in [9.17, 15) is 0 Å². The van der Waals surface area contributed by atoms with Crippen LogP contribution in [0.2, 0.25) is 0 Å². The summed E-state index contributed by atoms with van der Waals surface area (Å²) in [5.41, 5.74) is 3.56. The average molecular weight is 314 g/mol. The van der Waals surface area contributed by atoms with E-state index >= 15 is 0 Å². The van der Waals surface area contributed by atoms with Crippen molar-refractivity contribution >= 4 is 17.0 Å². The summed E-state index contributed by atoms with van der Waals surface area (Å²) in [4.78, 5) is 9.16. The summed E-state index contributed by atoms with van der Waals surface area (Å²) in [5, 5.41) is 0. The van der Waals surface area contributed by atoms with Crippen molar-refractivity contribution in [2.45, 2.75) is 12.1 Å². The molecule has 2 heterocycles. The van der Waals surface area contributed by atoms with E-state index in [2.05, 4.69) is 16.1 Å². The van der Waals surface area contributed by atoms with Gasteiger partial charge in [-0.2, -0.15) is 0 Å². The van der Waals surface area contributed by atoms with Gasteiger partial charge in [0.25, 0.3) is 0 Å². The van der Waals surface area contributed by atoms with Crippen LogP contribution in [0.15, 0.2) is 82.2 Å². The predicted molar refractivity (Wildman–Crippen MR) is 92.9 cm³/mol. The Morgan fingerprint density at radius 1 is 0.833 bits per heavy atom. The lowest BCUT2D eigenvalue weighted by Gasteiger charge is -2.12. The Hall–Kier alpha value is -3.14. The van der Waals surface area contributed by atoms with Crippen molar-refractivity contribution in [3.8, 4) is 11.5 Å². The Kier molecular flexibility index (Phi) is 2.88. The van der Waals surface area contributed by atoms with Gasteiger partial charge in [0.2, 0.25) is 11.8 Å². The van der Waals surface area contributed by atoms with Crippen molar-refractivity contribution in [1.29, 1.82) is 0 Å². The summed E-state index contributed by atoms with van der Waals surface area (Å²) in [6, 6.07) is 15.8. The molecule has 4 nitrogen and oxygen atoms in total. The molecular weight excluding hydrogens is 300 g/mol. The van der Waals surface area contributed by atoms with Crippen LogP contribution >= 0.6 is 0 Å². The normalized spacial score (nSPS) is 21.6. The van der Waals surface area contributed by atoms with Gasteiger partial charge >= 0.3 is 0 Å². The van der Waals surface area contributed by atoms with E-state index in [1.54, 1.807) is 0 Å². The number of fused-ring (bicyclic) bond motifs is 2. The van der Waals surface area contributed by atoms with E-state index in [1.807, 2.05) is 66.8 Å². The second-order valence-electron chi connectivity index (χ2n) is 5.84. The Balaban J connectivity index is 1.45. The summed E-state index contributed by atoms with van der Waals surface area (Å²) in [6.07, 6.45) is 8.11. The predicted octanol–water partition coefficient (Wildman–Crippen LogP) is 4.13. The Bertz CT molecular complexity index is 963. The van der Waals surface area contributed by atoms with Gasteiger partial charge in [-0.3, -0.25) is 0 Å². The smallest absolute Gasteiger partial charge is 0.227 e. The number of aromatic nitrogens is 1. The molecule has 3 aromatic rings. The molecule has 1 aliphatic carbocycles. The number of ether oxygens (including phenoxy) is 1. The van der Waals surface area contributed by atoms with E-state index in [0.717, 1.165) is 22.2 Å². The summed E-state index contributed by atoms with van der Waals surface area (Å²) in [5.74, 6) is 1.31. The van der Waals surface area contributed by atoms with Crippen molar-refractivity contribution in [3.63, 3.8) is 0 Å². The molecule has 0 amide bonds. The lowest BCUT2D eigenvalue weighted by Crippen LogP contribution is -2.19. The van der Waals surface area contributed by atoms with E-state index in [-0.39, 0.29) is 12.1 Å². The topological polar surface area (TPSA) is 47.6 Å². The maximum absolute atomic E-state index is 5.92. The minimum absolute atomic E-state index is 0.0155. The molecule has 2 aliphatic rings. The molecule has 1 aromatic heterocycles. The van der Waals surface area contributed by atoms with Crippen molar-refractivity contribution < 1.29 is 9.15 Å². The largest absolute Gasteiger partial charge is 0.467 e. The van der Waals surface area contributed by atoms with Crippen LogP contribution < -0.4 is 0 Å². The zero-order valence-corrected chi connectivity index (χ0v) is 12.8. The Morgan fingerprint density at radius 3 is 2.46 bits per heavy atom. The van der Waals surface area contributed by atoms with Crippen LogP contribution in [0.1, 0.15) is 5.56 Å². The average Bonchev–Trinajstić information content (AvgIpc) is 3.25. The zero-order chi connectivity index (χ0) is 15.9. The van der Waals surface area contributed by atoms with Crippen LogP contribution in [0.3, 0.4) is 0 Å². The highest BCUT2D eigenvalue weighted by Gasteiger charge is 2.28. The third-order valence-corrected chi connectivity index (χ3v) is 4.24. The summed E-state index contributed by atoms with van der Waals surface area (Å²) in [6.45, 7) is 0. The van der Waals surface area contributed by atoms with Gasteiger partial charge in [0.15, 0.2) is 5.58 Å². The Labute approximate surface area is 138 Å². The highest BCUT2D eigenvalue weighted by Crippen LogP contribution is 2.26. The van der Waals surface area contributed by atoms with Crippen molar-refractivity contribution in [1.82, 2.24) is 4.98 Å². The van der Waals surface area contributed by atoms with Gasteiger partial charge in [0, 0.05) is 11.1 Å². The van der Waals surface area contributed by atoms with Crippen molar-refractivity contribution in [2.24, 2.45) is 4.99 Å². The van der Waals surface area contributed by atoms with E-state index in [1.165, 1.54) is 0 Å². The Morgan fingerprint density at radius 2 is 1.62 bits per heavy atom. The minimum Gasteiger partial charge on any atom is -0.467 e. The molecule has 24 heavy (non-hydrogen) atoms. The van der Waals surface area contributed by atoms with Crippen LogP contribution in [0.4, 0.5) is 0 Å². The number of oxazole rings is 1. The van der Waals surface area contributed by atoms with E-state index < -0.39 is 0 Å². The molecule has 0 N–H and O–H groups in total. The third kappa shape index (κ3) is 2.15. The fraction of sp³-hybridized carbons (Fsp3) is 0.100. The van der Waals surface area contributed by atoms with Crippen LogP contribution in [0.5, 0.6) is 0 Å². The standard InChI is InChI=1S/C20H14N2O2/c1-3-7-17-15(5-1)21-19(23-17)13-9-11-14(12-10-13)20-22-16-6-2-4-8-18(16)24-20/h1-12,15,17H. The van der Waals surface area contributed by atoms with Crippen molar-refractivity contribution in [2.75, 3.05) is 0 Å². The minimum atomic E-state index is 0.0155. The number of hydrogen-bond acceptors (Lipinski definition) is 4. The lowest BCUT2D eigenvalue weighted by molar-refractivity contribution is 0.255. The summed E-state index contributed by atoms with van der Waals surface area (Å²) < 4.78 is 11.7. The van der Waals surface area contributed by atoms with Gasteiger partial charge in [0.1, 0.15) is 17.7 Å². The first-order valence-electron chi connectivity index (χ1n) is 7.93. The lowest BCUT2D eigenvalue weighted by atomic mass is 10.1. The fourth-order valence-electron chi connectivity index (χ4n) is 2.99. The van der Waals surface area contributed by atoms with Crippen LogP contribution in [-0.4, -0.2) is 23.0 Å². The fourth-order valence-corrected chi connectivity index (χ4v) is 2.99. The third-order valence-electron chi connectivity index (χ3n) is 4.24. The van der Waals surface area contributed by atoms with Gasteiger partial charge in [0.05, 0.1) is 0 Å². The molecule has 5 rings (SSSR count). The number of aliphatic imine (C=N–C) groups is 1. The van der Waals surface area contributed by atoms with E-state index in [4.69, 9.17) is 9.15 Å². The second kappa shape index (κ2) is 5.20. The number of hydrogen-bond donors (Lipinski definition) is 0. The molecule has 1 aliphatic heterocycles. The maximum Gasteiger partial charge on any atom is 0.227 e. The van der Waals surface area contributed by atoms with Gasteiger partial charge in [-0.05, 0) is 42.5 Å². The molecule has 0 spiro atoms. The molecular formula is C20H14N2O2. The first kappa shape index (κ1) is 13.3. The molecule has 116 valence electrons. The number of allylic oxidation sites excluding steroid dienone is 2. The van der Waals surface area contributed by atoms with Gasteiger partial charge in [-0.1, -0.05) is 30.4 Å². The number of nitrogens with zero attached hydrogens (tertiary/aromatic N) is 2.